The number of benzene rings is 4. The molecule has 0 aliphatic carbocycles. The van der Waals surface area contributed by atoms with Gasteiger partial charge < -0.3 is 46.3 Å². The van der Waals surface area contributed by atoms with Crippen molar-refractivity contribution in [3.8, 4) is 0 Å². The van der Waals surface area contributed by atoms with Crippen LogP contribution in [0.3, 0.4) is 0 Å². The van der Waals surface area contributed by atoms with E-state index in [2.05, 4.69) is 10.6 Å². The topological polar surface area (TPSA) is 97.2 Å². The van der Waals surface area contributed by atoms with Crippen LogP contribution in [0, 0.1) is 0 Å². The summed E-state index contributed by atoms with van der Waals surface area (Å²) in [4.78, 5) is 26.2. The molecule has 2 N–H and O–H groups in total. The van der Waals surface area contributed by atoms with E-state index in [4.69, 9.17) is 18.6 Å². The van der Waals surface area contributed by atoms with Gasteiger partial charge in [-0.2, -0.15) is 0 Å². The monoisotopic (exact) mass is 672 g/mol. The van der Waals surface area contributed by atoms with E-state index in [1.165, 1.54) is 0 Å². The van der Waals surface area contributed by atoms with E-state index in [-0.39, 0.29) is 30.2 Å². The van der Waals surface area contributed by atoms with Crippen LogP contribution in [-0.2, 0) is 44.7 Å². The third kappa shape index (κ3) is 10.2. The van der Waals surface area contributed by atoms with Crippen LogP contribution in [0.15, 0.2) is 121 Å². The van der Waals surface area contributed by atoms with E-state index in [1.807, 2.05) is 121 Å². The minimum Gasteiger partial charge on any atom is -1.00 e. The van der Waals surface area contributed by atoms with Crippen molar-refractivity contribution in [1.82, 2.24) is 10.6 Å². The molecule has 234 valence electrons. The van der Waals surface area contributed by atoms with Gasteiger partial charge in [0.25, 0.3) is 12.2 Å². The number of alkyl carbamates (subject to hydrolysis) is 2. The molecule has 4 aromatic rings. The van der Waals surface area contributed by atoms with Gasteiger partial charge in [0.2, 0.25) is 0 Å². The van der Waals surface area contributed by atoms with Crippen molar-refractivity contribution in [2.45, 2.75) is 57.3 Å². The molecule has 1 aliphatic rings. The molecule has 0 saturated heterocycles. The first-order chi connectivity index (χ1) is 21.5. The number of cyclic esters (lactones) is 1. The molecule has 0 radical (unpaired) electrons. The predicted molar refractivity (Wildman–Crippen MR) is 167 cm³/mol. The van der Waals surface area contributed by atoms with Crippen LogP contribution in [0.1, 0.15) is 29.2 Å². The van der Waals surface area contributed by atoms with E-state index in [0.717, 1.165) is 22.3 Å². The molecule has 2 amide bonds. The highest BCUT2D eigenvalue weighted by Gasteiger charge is 2.52. The van der Waals surface area contributed by atoms with Gasteiger partial charge in [-0.15, -0.1) is 0 Å². The molecular weight excluding hydrogens is 636 g/mol. The van der Waals surface area contributed by atoms with Gasteiger partial charge >= 0.3 is 18.2 Å². The lowest BCUT2D eigenvalue weighted by molar-refractivity contribution is -0.501. The van der Waals surface area contributed by atoms with Crippen molar-refractivity contribution in [1.29, 1.82) is 0 Å². The summed E-state index contributed by atoms with van der Waals surface area (Å²) in [5.74, 6) is 0.357. The fraction of sp³-hybridized carbons (Fsp3) is 0.250. The molecule has 8 nitrogen and oxygen atoms in total. The molecule has 0 unspecified atom stereocenters. The molecule has 0 bridgehead atoms. The second kappa shape index (κ2) is 17.0. The molecule has 4 aromatic carbocycles. The van der Waals surface area contributed by atoms with E-state index in [1.54, 1.807) is 6.92 Å². The molecule has 9 heteroatoms. The smallest absolute Gasteiger partial charge is 0.482 e. The Balaban J connectivity index is 0.00000461. The zero-order valence-electron chi connectivity index (χ0n) is 25.0. The van der Waals surface area contributed by atoms with Gasteiger partial charge in [0.05, 0.1) is 6.92 Å². The standard InChI is InChI=1S/C36H36N2O6.BrH/c1-26-43-33(31(22-27-14-6-2-7-15-27)37-35(39)41-24-29-18-10-4-11-19-29)34(44-26)32(23-28-16-8-3-9-17-28)38-36(40)42-25-30-20-12-5-13-21-30;/h2-21,31-34H,22-25H2,1H3,(H-,37,38,39,40);1H/t31-,32-,33+,34+;/m0./s1. The number of amides is 2. The number of carbonyl (C=O) groups is 2. The molecule has 5 rings (SSSR count). The molecule has 4 atom stereocenters. The molecule has 0 aromatic heterocycles. The van der Waals surface area contributed by atoms with Crippen LogP contribution in [0.5, 0.6) is 0 Å². The highest BCUT2D eigenvalue weighted by Crippen LogP contribution is 2.23. The van der Waals surface area contributed by atoms with Crippen LogP contribution in [0.2, 0.25) is 0 Å². The van der Waals surface area contributed by atoms with Gasteiger partial charge in [0, 0.05) is 0 Å². The van der Waals surface area contributed by atoms with E-state index >= 15 is 0 Å². The Morgan fingerprint density at radius 1 is 0.644 bits per heavy atom. The number of carbonyl (C=O) groups excluding carboxylic acids is 3. The number of esters is 1. The van der Waals surface area contributed by atoms with Crippen molar-refractivity contribution >= 4 is 18.2 Å². The molecule has 0 spiro atoms. The van der Waals surface area contributed by atoms with Crippen molar-refractivity contribution < 1.29 is 45.2 Å². The SMILES string of the molecule is CC1=[O+][C@H]([C@H](Cc2ccccc2)NC(=O)OCc2ccccc2)[C@@H]([C@H](Cc2ccccc2)NC(=O)OCc2ccccc2)O1.[Br-]. The van der Waals surface area contributed by atoms with Gasteiger partial charge in [-0.1, -0.05) is 121 Å². The first-order valence-electron chi connectivity index (χ1n) is 14.7. The highest BCUT2D eigenvalue weighted by molar-refractivity contribution is 5.70. The summed E-state index contributed by atoms with van der Waals surface area (Å²) in [5.41, 5.74) is 3.77. The van der Waals surface area contributed by atoms with Gasteiger partial charge in [-0.25, -0.2) is 9.59 Å². The molecule has 0 fully saturated rings. The molecular formula is C36H37BrN2O6. The Labute approximate surface area is 274 Å². The Morgan fingerprint density at radius 2 is 1.02 bits per heavy atom. The Hall–Kier alpha value is -4.63. The van der Waals surface area contributed by atoms with Crippen molar-refractivity contribution in [3.63, 3.8) is 0 Å². The molecule has 45 heavy (non-hydrogen) atoms. The van der Waals surface area contributed by atoms with Crippen molar-refractivity contribution in [2.24, 2.45) is 0 Å². The van der Waals surface area contributed by atoms with Crippen LogP contribution in [0.4, 0.5) is 9.59 Å². The lowest BCUT2D eigenvalue weighted by atomic mass is 9.91. The number of nitrogens with one attached hydrogen (secondary N) is 2. The van der Waals surface area contributed by atoms with Gasteiger partial charge in [0.1, 0.15) is 25.3 Å². The van der Waals surface area contributed by atoms with Crippen molar-refractivity contribution in [3.05, 3.63) is 144 Å². The number of halogens is 1. The summed E-state index contributed by atoms with van der Waals surface area (Å²) < 4.78 is 23.6. The fourth-order valence-corrected chi connectivity index (χ4v) is 5.23. The third-order valence-electron chi connectivity index (χ3n) is 7.35. The van der Waals surface area contributed by atoms with Gasteiger partial charge in [-0.3, -0.25) is 0 Å². The first-order valence-corrected chi connectivity index (χ1v) is 14.7. The Bertz CT molecular complexity index is 1510. The Kier molecular flexibility index (Phi) is 12.6. The molecule has 1 heterocycles. The lowest BCUT2D eigenvalue weighted by Crippen LogP contribution is -3.00. The maximum absolute atomic E-state index is 13.1. The second-order valence-electron chi connectivity index (χ2n) is 10.7. The molecule has 1 aliphatic heterocycles. The average Bonchev–Trinajstić information content (AvgIpc) is 3.45. The maximum atomic E-state index is 13.1. The van der Waals surface area contributed by atoms with E-state index < -0.39 is 36.5 Å². The summed E-state index contributed by atoms with van der Waals surface area (Å²) in [6.07, 6.45) is -1.51. The van der Waals surface area contributed by atoms with Gasteiger partial charge in [0.15, 0.2) is 0 Å². The van der Waals surface area contributed by atoms with Crippen LogP contribution in [-0.4, -0.2) is 42.4 Å². The minimum atomic E-state index is -0.636. The highest BCUT2D eigenvalue weighted by atomic mass is 79.9. The quantitative estimate of drug-likeness (QED) is 0.137. The fourth-order valence-electron chi connectivity index (χ4n) is 5.23. The number of ether oxygens (including phenoxy) is 3. The summed E-state index contributed by atoms with van der Waals surface area (Å²) >= 11 is 0. The number of hydrogen-bond acceptors (Lipinski definition) is 5. The predicted octanol–water partition coefficient (Wildman–Crippen LogP) is 2.92. The normalized spacial score (nSPS) is 16.6. The van der Waals surface area contributed by atoms with Crippen LogP contribution < -0.4 is 27.6 Å². The minimum absolute atomic E-state index is 0. The van der Waals surface area contributed by atoms with Crippen LogP contribution >= 0.6 is 0 Å². The second-order valence-corrected chi connectivity index (χ2v) is 10.7. The summed E-state index contributed by atoms with van der Waals surface area (Å²) in [6, 6.07) is 37.6. The Morgan fingerprint density at radius 3 is 1.47 bits per heavy atom. The molecule has 0 saturated carbocycles. The van der Waals surface area contributed by atoms with Crippen LogP contribution in [0.25, 0.3) is 0 Å². The average molecular weight is 674 g/mol. The largest absolute Gasteiger partial charge is 1.00 e. The first kappa shape index (κ1) is 33.3. The number of hydrogen-bond donors (Lipinski definition) is 2. The zero-order valence-corrected chi connectivity index (χ0v) is 26.6. The van der Waals surface area contributed by atoms with E-state index in [0.29, 0.717) is 18.8 Å². The number of rotatable bonds is 12. The third-order valence-corrected chi connectivity index (χ3v) is 7.35. The maximum Gasteiger partial charge on any atom is 0.482 e. The summed E-state index contributed by atoms with van der Waals surface area (Å²) in [5, 5.41) is 6.05. The lowest BCUT2D eigenvalue weighted by Gasteiger charge is -2.26. The summed E-state index contributed by atoms with van der Waals surface area (Å²) in [7, 11) is 0. The summed E-state index contributed by atoms with van der Waals surface area (Å²) in [6.45, 7) is 1.99. The van der Waals surface area contributed by atoms with Gasteiger partial charge in [-0.05, 0) is 35.1 Å². The van der Waals surface area contributed by atoms with Crippen molar-refractivity contribution in [2.75, 3.05) is 0 Å². The zero-order chi connectivity index (χ0) is 30.6. The van der Waals surface area contributed by atoms with E-state index in [9.17, 15) is 9.59 Å².